The molecule has 1 aromatic heterocycles. The summed E-state index contributed by atoms with van der Waals surface area (Å²) in [6.45, 7) is 2.07. The molecular weight excluding hydrogens is 264 g/mol. The third kappa shape index (κ3) is 3.38. The van der Waals surface area contributed by atoms with Gasteiger partial charge in [0.1, 0.15) is 0 Å². The van der Waals surface area contributed by atoms with Gasteiger partial charge in [0.15, 0.2) is 0 Å². The fourth-order valence-electron chi connectivity index (χ4n) is 3.98. The first kappa shape index (κ1) is 14.8. The highest BCUT2D eigenvalue weighted by molar-refractivity contribution is 5.18. The van der Waals surface area contributed by atoms with Gasteiger partial charge < -0.3 is 9.84 Å². The Hall–Kier alpha value is -1.13. The van der Waals surface area contributed by atoms with E-state index < -0.39 is 0 Å². The molecule has 1 saturated carbocycles. The molecule has 2 aliphatic rings. The number of rotatable bonds is 4. The number of aromatic nitrogens is 1. The molecule has 3 rings (SSSR count). The van der Waals surface area contributed by atoms with Crippen molar-refractivity contribution < 1.29 is 9.84 Å². The van der Waals surface area contributed by atoms with Gasteiger partial charge in [-0.1, -0.05) is 18.9 Å². The van der Waals surface area contributed by atoms with Crippen molar-refractivity contribution in [1.82, 2.24) is 9.88 Å². The highest BCUT2D eigenvalue weighted by atomic mass is 16.5. The fourth-order valence-corrected chi connectivity index (χ4v) is 3.98. The molecule has 1 aliphatic carbocycles. The lowest BCUT2D eigenvalue weighted by Gasteiger charge is -2.37. The van der Waals surface area contributed by atoms with E-state index in [-0.39, 0.29) is 6.10 Å². The summed E-state index contributed by atoms with van der Waals surface area (Å²) in [6, 6.07) is 4.57. The summed E-state index contributed by atoms with van der Waals surface area (Å²) in [7, 11) is 1.64. The van der Waals surface area contributed by atoms with Crippen LogP contribution in [0.25, 0.3) is 0 Å². The lowest BCUT2D eigenvalue weighted by molar-refractivity contribution is 0.0201. The van der Waals surface area contributed by atoms with Gasteiger partial charge in [0.2, 0.25) is 5.88 Å². The van der Waals surface area contributed by atoms with Crippen LogP contribution in [0.4, 0.5) is 0 Å². The van der Waals surface area contributed by atoms with Crippen LogP contribution in [0.3, 0.4) is 0 Å². The lowest BCUT2D eigenvalue weighted by atomic mass is 9.80. The molecule has 0 spiro atoms. The first-order valence-electron chi connectivity index (χ1n) is 8.19. The van der Waals surface area contributed by atoms with Crippen LogP contribution in [-0.2, 0) is 6.54 Å². The van der Waals surface area contributed by atoms with Crippen LogP contribution in [0.2, 0.25) is 0 Å². The van der Waals surface area contributed by atoms with Crippen LogP contribution in [0.1, 0.15) is 44.1 Å². The van der Waals surface area contributed by atoms with Gasteiger partial charge in [0.05, 0.1) is 13.2 Å². The van der Waals surface area contributed by atoms with Crippen molar-refractivity contribution in [2.75, 3.05) is 13.7 Å². The summed E-state index contributed by atoms with van der Waals surface area (Å²) in [5.74, 6) is 1.13. The Morgan fingerprint density at radius 3 is 2.81 bits per heavy atom. The summed E-state index contributed by atoms with van der Waals surface area (Å²) in [4.78, 5) is 6.84. The zero-order chi connectivity index (χ0) is 14.7. The van der Waals surface area contributed by atoms with Gasteiger partial charge in [0, 0.05) is 30.8 Å². The second kappa shape index (κ2) is 6.75. The predicted octanol–water partition coefficient (Wildman–Crippen LogP) is 2.61. The second-order valence-corrected chi connectivity index (χ2v) is 6.40. The van der Waals surface area contributed by atoms with E-state index in [2.05, 4.69) is 16.0 Å². The minimum Gasteiger partial charge on any atom is -0.481 e. The number of ether oxygens (including phenoxy) is 1. The number of methoxy groups -OCH3 is 1. The number of hydrogen-bond acceptors (Lipinski definition) is 4. The van der Waals surface area contributed by atoms with Crippen LogP contribution in [0.5, 0.6) is 5.88 Å². The van der Waals surface area contributed by atoms with Crippen LogP contribution < -0.4 is 4.74 Å². The lowest BCUT2D eigenvalue weighted by Crippen LogP contribution is -2.42. The maximum atomic E-state index is 10.3. The van der Waals surface area contributed by atoms with Gasteiger partial charge in [-0.05, 0) is 37.8 Å². The number of likely N-dealkylation sites (tertiary alicyclic amines) is 1. The number of nitrogens with zero attached hydrogens (tertiary/aromatic N) is 2. The van der Waals surface area contributed by atoms with Gasteiger partial charge in [-0.3, -0.25) is 4.90 Å². The van der Waals surface area contributed by atoms with E-state index in [4.69, 9.17) is 4.74 Å². The van der Waals surface area contributed by atoms with Crippen LogP contribution in [0.15, 0.2) is 18.3 Å². The smallest absolute Gasteiger partial charge is 0.212 e. The molecule has 1 aromatic rings. The minimum absolute atomic E-state index is 0.0988. The maximum absolute atomic E-state index is 10.3. The maximum Gasteiger partial charge on any atom is 0.212 e. The summed E-state index contributed by atoms with van der Waals surface area (Å²) < 4.78 is 5.11. The number of pyridine rings is 1. The molecule has 0 bridgehead atoms. The highest BCUT2D eigenvalue weighted by Gasteiger charge is 2.36. The zero-order valence-corrected chi connectivity index (χ0v) is 12.9. The Morgan fingerprint density at radius 1 is 1.24 bits per heavy atom. The van der Waals surface area contributed by atoms with Crippen molar-refractivity contribution >= 4 is 0 Å². The molecule has 0 radical (unpaired) electrons. The predicted molar refractivity (Wildman–Crippen MR) is 82.2 cm³/mol. The molecule has 4 heteroatoms. The van der Waals surface area contributed by atoms with Crippen LogP contribution in [-0.4, -0.2) is 40.8 Å². The van der Waals surface area contributed by atoms with E-state index in [0.29, 0.717) is 17.8 Å². The van der Waals surface area contributed by atoms with Crippen molar-refractivity contribution in [3.63, 3.8) is 0 Å². The Bertz CT molecular complexity index is 449. The van der Waals surface area contributed by atoms with Crippen LogP contribution in [0, 0.1) is 5.92 Å². The van der Waals surface area contributed by atoms with E-state index in [1.54, 1.807) is 7.11 Å². The Labute approximate surface area is 127 Å². The normalized spacial score (nSPS) is 30.5. The third-order valence-electron chi connectivity index (χ3n) is 5.08. The van der Waals surface area contributed by atoms with Gasteiger partial charge in [-0.25, -0.2) is 4.98 Å². The number of aliphatic hydroxyl groups excluding tert-OH is 1. The molecule has 0 amide bonds. The SMILES string of the molecule is COc1ccc(CN2CCC[C@@H]2[C@@H]2CCCC[C@H]2O)cn1. The summed E-state index contributed by atoms with van der Waals surface area (Å²) >= 11 is 0. The van der Waals surface area contributed by atoms with Gasteiger partial charge >= 0.3 is 0 Å². The highest BCUT2D eigenvalue weighted by Crippen LogP contribution is 2.35. The molecule has 0 unspecified atom stereocenters. The van der Waals surface area contributed by atoms with Gasteiger partial charge in [-0.2, -0.15) is 0 Å². The molecule has 2 fully saturated rings. The average Bonchev–Trinajstić information content (AvgIpc) is 2.96. The van der Waals surface area contributed by atoms with Crippen molar-refractivity contribution in [2.45, 2.75) is 57.2 Å². The van der Waals surface area contributed by atoms with E-state index in [1.807, 2.05) is 12.3 Å². The van der Waals surface area contributed by atoms with Crippen LogP contribution >= 0.6 is 0 Å². The first-order chi connectivity index (χ1) is 10.3. The Kier molecular flexibility index (Phi) is 4.76. The summed E-state index contributed by atoms with van der Waals surface area (Å²) in [6.07, 6.45) is 8.91. The zero-order valence-electron chi connectivity index (χ0n) is 12.9. The molecule has 1 aliphatic heterocycles. The molecule has 0 aromatic carbocycles. The molecule has 21 heavy (non-hydrogen) atoms. The second-order valence-electron chi connectivity index (χ2n) is 6.40. The van der Waals surface area contributed by atoms with Crippen molar-refractivity contribution in [1.29, 1.82) is 0 Å². The minimum atomic E-state index is -0.0988. The van der Waals surface area contributed by atoms with Gasteiger partial charge in [0.25, 0.3) is 0 Å². The first-order valence-corrected chi connectivity index (χ1v) is 8.19. The summed E-state index contributed by atoms with van der Waals surface area (Å²) in [5.41, 5.74) is 1.23. The van der Waals surface area contributed by atoms with E-state index >= 15 is 0 Å². The monoisotopic (exact) mass is 290 g/mol. The van der Waals surface area contributed by atoms with E-state index in [9.17, 15) is 5.11 Å². The molecular formula is C17H26N2O2. The third-order valence-corrected chi connectivity index (χ3v) is 5.08. The average molecular weight is 290 g/mol. The molecule has 116 valence electrons. The summed E-state index contributed by atoms with van der Waals surface area (Å²) in [5, 5.41) is 10.3. The topological polar surface area (TPSA) is 45.6 Å². The molecule has 3 atom stereocenters. The van der Waals surface area contributed by atoms with E-state index in [0.717, 1.165) is 19.5 Å². The van der Waals surface area contributed by atoms with Crippen molar-refractivity contribution in [2.24, 2.45) is 5.92 Å². The Balaban J connectivity index is 1.65. The molecule has 1 saturated heterocycles. The fraction of sp³-hybridized carbons (Fsp3) is 0.706. The van der Waals surface area contributed by atoms with Gasteiger partial charge in [-0.15, -0.1) is 0 Å². The van der Waals surface area contributed by atoms with E-state index in [1.165, 1.54) is 37.7 Å². The largest absolute Gasteiger partial charge is 0.481 e. The molecule has 1 N–H and O–H groups in total. The standard InChI is InChI=1S/C17H26N2O2/c1-21-17-9-8-13(11-18-17)12-19-10-4-6-15(19)14-5-2-3-7-16(14)20/h8-9,11,14-16,20H,2-7,10,12H2,1H3/t14-,15+,16+/m0/s1. The number of hydrogen-bond donors (Lipinski definition) is 1. The van der Waals surface area contributed by atoms with Crippen molar-refractivity contribution in [3.05, 3.63) is 23.9 Å². The number of aliphatic hydroxyl groups is 1. The van der Waals surface area contributed by atoms with Crippen molar-refractivity contribution in [3.8, 4) is 5.88 Å². The Morgan fingerprint density at radius 2 is 2.10 bits per heavy atom. The molecule has 2 heterocycles. The quantitative estimate of drug-likeness (QED) is 0.926. The molecule has 4 nitrogen and oxygen atoms in total.